The predicted molar refractivity (Wildman–Crippen MR) is 94.4 cm³/mol. The van der Waals surface area contributed by atoms with Crippen molar-refractivity contribution < 1.29 is 13.9 Å². The first-order chi connectivity index (χ1) is 11.9. The molecule has 0 radical (unpaired) electrons. The van der Waals surface area contributed by atoms with E-state index in [1.807, 2.05) is 0 Å². The number of aromatic amines is 1. The number of nitrogens with one attached hydrogen (secondary N) is 2. The molecule has 1 aromatic carbocycles. The number of rotatable bonds is 8. The molecule has 136 valence electrons. The maximum absolute atomic E-state index is 13.6. The summed E-state index contributed by atoms with van der Waals surface area (Å²) in [7, 11) is 1.59. The lowest BCUT2D eigenvalue weighted by Gasteiger charge is -2.12. The fourth-order valence-electron chi connectivity index (χ4n) is 2.08. The fraction of sp³-hybridized carbons (Fsp3) is 0.438. The third kappa shape index (κ3) is 5.17. The van der Waals surface area contributed by atoms with Gasteiger partial charge in [-0.15, -0.1) is 5.10 Å². The second-order valence-corrected chi connectivity index (χ2v) is 6.83. The zero-order valence-electron chi connectivity index (χ0n) is 14.3. The molecule has 0 saturated heterocycles. The van der Waals surface area contributed by atoms with Crippen LogP contribution in [0.3, 0.4) is 0 Å². The van der Waals surface area contributed by atoms with E-state index >= 15 is 0 Å². The van der Waals surface area contributed by atoms with Crippen LogP contribution in [-0.2, 0) is 16.1 Å². The van der Waals surface area contributed by atoms with Gasteiger partial charge in [0.1, 0.15) is 5.82 Å². The number of carbonyl (C=O) groups is 1. The Morgan fingerprint density at radius 1 is 1.52 bits per heavy atom. The first-order valence-electron chi connectivity index (χ1n) is 7.80. The second kappa shape index (κ2) is 8.82. The summed E-state index contributed by atoms with van der Waals surface area (Å²) in [5.41, 5.74) is 0.573. The van der Waals surface area contributed by atoms with Gasteiger partial charge in [0, 0.05) is 25.9 Å². The van der Waals surface area contributed by atoms with Gasteiger partial charge in [0.2, 0.25) is 5.91 Å². The van der Waals surface area contributed by atoms with Gasteiger partial charge < -0.3 is 10.1 Å². The number of amides is 1. The molecule has 2 rings (SSSR count). The topological polar surface area (TPSA) is 89.0 Å². The van der Waals surface area contributed by atoms with Gasteiger partial charge in [-0.25, -0.2) is 14.3 Å². The Morgan fingerprint density at radius 3 is 2.96 bits per heavy atom. The molecule has 1 amide bonds. The monoisotopic (exact) mass is 368 g/mol. The van der Waals surface area contributed by atoms with Crippen LogP contribution in [0, 0.1) is 12.7 Å². The van der Waals surface area contributed by atoms with Crippen LogP contribution in [0.2, 0.25) is 0 Å². The predicted octanol–water partition coefficient (Wildman–Crippen LogP) is 2.17. The fourth-order valence-corrected chi connectivity index (χ4v) is 2.97. The van der Waals surface area contributed by atoms with Crippen molar-refractivity contribution in [1.29, 1.82) is 0 Å². The number of aryl methyl sites for hydroxylation is 1. The van der Waals surface area contributed by atoms with Gasteiger partial charge in [-0.3, -0.25) is 9.36 Å². The highest BCUT2D eigenvalue weighted by Crippen LogP contribution is 2.22. The van der Waals surface area contributed by atoms with E-state index in [-0.39, 0.29) is 17.4 Å². The molecule has 0 aliphatic carbocycles. The summed E-state index contributed by atoms with van der Waals surface area (Å²) in [6.45, 7) is 4.32. The van der Waals surface area contributed by atoms with Gasteiger partial charge in [-0.1, -0.05) is 17.8 Å². The highest BCUT2D eigenvalue weighted by Gasteiger charge is 2.19. The molecule has 0 bridgehead atoms. The molecule has 2 N–H and O–H groups in total. The van der Waals surface area contributed by atoms with Crippen molar-refractivity contribution in [2.45, 2.75) is 37.2 Å². The molecule has 1 unspecified atom stereocenters. The summed E-state index contributed by atoms with van der Waals surface area (Å²) in [5.74, 6) is -0.676. The molecule has 1 atom stereocenters. The number of H-pyrrole nitrogens is 1. The molecule has 25 heavy (non-hydrogen) atoms. The van der Waals surface area contributed by atoms with Crippen molar-refractivity contribution in [2.75, 3.05) is 19.0 Å². The van der Waals surface area contributed by atoms with E-state index in [9.17, 15) is 14.0 Å². The van der Waals surface area contributed by atoms with Crippen LogP contribution in [0.15, 0.2) is 28.2 Å². The highest BCUT2D eigenvalue weighted by molar-refractivity contribution is 8.00. The maximum atomic E-state index is 13.6. The number of carbonyl (C=O) groups excluding carboxylic acids is 1. The Kier molecular flexibility index (Phi) is 6.77. The lowest BCUT2D eigenvalue weighted by Crippen LogP contribution is -2.24. The molecular weight excluding hydrogens is 347 g/mol. The summed E-state index contributed by atoms with van der Waals surface area (Å²) in [6, 6.07) is 4.52. The van der Waals surface area contributed by atoms with Gasteiger partial charge >= 0.3 is 5.69 Å². The van der Waals surface area contributed by atoms with Crippen LogP contribution in [0.25, 0.3) is 0 Å². The Hall–Kier alpha value is -2.13. The molecular formula is C16H21FN4O3S. The number of thioether (sulfide) groups is 1. The smallest absolute Gasteiger partial charge is 0.343 e. The molecule has 0 saturated carbocycles. The number of ether oxygens (including phenoxy) is 1. The average Bonchev–Trinajstić information content (AvgIpc) is 2.91. The summed E-state index contributed by atoms with van der Waals surface area (Å²) in [4.78, 5) is 24.1. The van der Waals surface area contributed by atoms with Crippen molar-refractivity contribution in [3.63, 3.8) is 0 Å². The molecule has 0 spiro atoms. The summed E-state index contributed by atoms with van der Waals surface area (Å²) < 4.78 is 20.0. The zero-order valence-corrected chi connectivity index (χ0v) is 15.2. The number of benzene rings is 1. The number of anilines is 1. The molecule has 2 aromatic rings. The first-order valence-corrected chi connectivity index (χ1v) is 8.68. The zero-order chi connectivity index (χ0) is 18.4. The van der Waals surface area contributed by atoms with E-state index < -0.39 is 5.25 Å². The third-order valence-electron chi connectivity index (χ3n) is 3.54. The van der Waals surface area contributed by atoms with Crippen LogP contribution in [-0.4, -0.2) is 39.6 Å². The van der Waals surface area contributed by atoms with Crippen molar-refractivity contribution in [1.82, 2.24) is 14.8 Å². The van der Waals surface area contributed by atoms with E-state index in [1.165, 1.54) is 10.6 Å². The number of hydrogen-bond acceptors (Lipinski definition) is 5. The summed E-state index contributed by atoms with van der Waals surface area (Å²) >= 11 is 1.16. The summed E-state index contributed by atoms with van der Waals surface area (Å²) in [6.07, 6.45) is 0.659. The SMILES string of the molecule is COCCCn1c(SC(C)C(=O)Nc2ccc(C)c(F)c2)n[nH]c1=O. The highest BCUT2D eigenvalue weighted by atomic mass is 32.2. The molecule has 0 fully saturated rings. The van der Waals surface area contributed by atoms with Gasteiger partial charge in [0.15, 0.2) is 5.16 Å². The number of methoxy groups -OCH3 is 1. The van der Waals surface area contributed by atoms with Gasteiger partial charge in [-0.2, -0.15) is 0 Å². The number of nitrogens with zero attached hydrogens (tertiary/aromatic N) is 2. The number of halogens is 1. The van der Waals surface area contributed by atoms with Crippen molar-refractivity contribution >= 4 is 23.4 Å². The second-order valence-electron chi connectivity index (χ2n) is 5.52. The lowest BCUT2D eigenvalue weighted by atomic mass is 10.2. The van der Waals surface area contributed by atoms with E-state index in [0.717, 1.165) is 11.8 Å². The van der Waals surface area contributed by atoms with Crippen molar-refractivity contribution in [2.24, 2.45) is 0 Å². The normalized spacial score (nSPS) is 12.2. The standard InChI is InChI=1S/C16H21FN4O3S/c1-10-5-6-12(9-13(10)17)18-14(22)11(2)25-16-20-19-15(23)21(16)7-4-8-24-3/h5-6,9,11H,4,7-8H2,1-3H3,(H,18,22)(H,19,23). The minimum atomic E-state index is -0.513. The average molecular weight is 368 g/mol. The number of aromatic nitrogens is 3. The maximum Gasteiger partial charge on any atom is 0.343 e. The van der Waals surface area contributed by atoms with E-state index in [0.29, 0.717) is 36.0 Å². The Labute approximate surface area is 149 Å². The van der Waals surface area contributed by atoms with Crippen LogP contribution >= 0.6 is 11.8 Å². The van der Waals surface area contributed by atoms with E-state index in [1.54, 1.807) is 33.1 Å². The summed E-state index contributed by atoms with van der Waals surface area (Å²) in [5, 5.41) is 8.92. The third-order valence-corrected chi connectivity index (χ3v) is 4.63. The largest absolute Gasteiger partial charge is 0.385 e. The van der Waals surface area contributed by atoms with Gasteiger partial charge in [0.05, 0.1) is 5.25 Å². The quantitative estimate of drug-likeness (QED) is 0.551. The minimum absolute atomic E-state index is 0.299. The number of hydrogen-bond donors (Lipinski definition) is 2. The van der Waals surface area contributed by atoms with Crippen LogP contribution in [0.5, 0.6) is 0 Å². The Morgan fingerprint density at radius 2 is 2.28 bits per heavy atom. The van der Waals surface area contributed by atoms with Crippen LogP contribution < -0.4 is 11.0 Å². The van der Waals surface area contributed by atoms with Crippen LogP contribution in [0.1, 0.15) is 18.9 Å². The van der Waals surface area contributed by atoms with E-state index in [2.05, 4.69) is 15.5 Å². The molecule has 9 heteroatoms. The Bertz CT molecular complexity index is 790. The van der Waals surface area contributed by atoms with E-state index in [4.69, 9.17) is 4.74 Å². The lowest BCUT2D eigenvalue weighted by molar-refractivity contribution is -0.115. The van der Waals surface area contributed by atoms with Gasteiger partial charge in [0.25, 0.3) is 0 Å². The minimum Gasteiger partial charge on any atom is -0.385 e. The Balaban J connectivity index is 2.01. The van der Waals surface area contributed by atoms with Crippen molar-refractivity contribution in [3.05, 3.63) is 40.1 Å². The molecule has 1 heterocycles. The molecule has 0 aliphatic rings. The molecule has 7 nitrogen and oxygen atoms in total. The van der Waals surface area contributed by atoms with Crippen molar-refractivity contribution in [3.8, 4) is 0 Å². The van der Waals surface area contributed by atoms with Crippen LogP contribution in [0.4, 0.5) is 10.1 Å². The first kappa shape index (κ1) is 19.2. The van der Waals surface area contributed by atoms with Gasteiger partial charge in [-0.05, 0) is 38.0 Å². The molecule has 0 aliphatic heterocycles. The molecule has 1 aromatic heterocycles.